The SMILES string of the molecule is CN(C)CCCN(C(=O)Cc1ccccc1)c1ccccc1SCc1ccc(Cl)cc1. The summed E-state index contributed by atoms with van der Waals surface area (Å²) >= 11 is 7.76. The lowest BCUT2D eigenvalue weighted by atomic mass is 10.1. The molecule has 0 unspecified atom stereocenters. The minimum atomic E-state index is 0.129. The fraction of sp³-hybridized carbons (Fsp3) is 0.269. The van der Waals surface area contributed by atoms with Gasteiger partial charge < -0.3 is 9.80 Å². The van der Waals surface area contributed by atoms with Crippen LogP contribution in [0.15, 0.2) is 83.8 Å². The molecule has 162 valence electrons. The number of amides is 1. The molecule has 0 aliphatic rings. The van der Waals surface area contributed by atoms with Crippen molar-refractivity contribution in [3.63, 3.8) is 0 Å². The predicted octanol–water partition coefficient (Wildman–Crippen LogP) is 6.16. The molecule has 3 nitrogen and oxygen atoms in total. The maximum atomic E-state index is 13.3. The highest BCUT2D eigenvalue weighted by molar-refractivity contribution is 7.98. The van der Waals surface area contributed by atoms with E-state index < -0.39 is 0 Å². The van der Waals surface area contributed by atoms with Gasteiger partial charge in [0.25, 0.3) is 0 Å². The van der Waals surface area contributed by atoms with E-state index in [1.54, 1.807) is 11.8 Å². The van der Waals surface area contributed by atoms with E-state index in [4.69, 9.17) is 11.6 Å². The van der Waals surface area contributed by atoms with Gasteiger partial charge in [0.2, 0.25) is 5.91 Å². The van der Waals surface area contributed by atoms with Gasteiger partial charge in [-0.3, -0.25) is 4.79 Å². The Morgan fingerprint density at radius 2 is 1.52 bits per heavy atom. The Bertz CT molecular complexity index is 961. The van der Waals surface area contributed by atoms with Crippen LogP contribution in [0.2, 0.25) is 5.02 Å². The van der Waals surface area contributed by atoms with Gasteiger partial charge in [-0.25, -0.2) is 0 Å². The molecule has 0 radical (unpaired) electrons. The molecular weight excluding hydrogens is 424 g/mol. The molecule has 1 amide bonds. The Morgan fingerprint density at radius 1 is 0.839 bits per heavy atom. The second kappa shape index (κ2) is 11.9. The van der Waals surface area contributed by atoms with Crippen molar-refractivity contribution in [2.75, 3.05) is 32.1 Å². The van der Waals surface area contributed by atoms with Crippen molar-refractivity contribution < 1.29 is 4.79 Å². The maximum absolute atomic E-state index is 13.3. The lowest BCUT2D eigenvalue weighted by Crippen LogP contribution is -2.35. The number of carbonyl (C=O) groups is 1. The van der Waals surface area contributed by atoms with Crippen LogP contribution in [0.25, 0.3) is 0 Å². The summed E-state index contributed by atoms with van der Waals surface area (Å²) in [7, 11) is 4.12. The largest absolute Gasteiger partial charge is 0.311 e. The van der Waals surface area contributed by atoms with Crippen molar-refractivity contribution in [2.24, 2.45) is 0 Å². The summed E-state index contributed by atoms with van der Waals surface area (Å²) in [6.07, 6.45) is 1.32. The number of para-hydroxylation sites is 1. The molecule has 0 bridgehead atoms. The summed E-state index contributed by atoms with van der Waals surface area (Å²) in [5.74, 6) is 0.955. The molecule has 0 aliphatic carbocycles. The molecule has 3 aromatic carbocycles. The van der Waals surface area contributed by atoms with E-state index in [0.717, 1.165) is 39.9 Å². The van der Waals surface area contributed by atoms with E-state index >= 15 is 0 Å². The van der Waals surface area contributed by atoms with Crippen LogP contribution in [0.4, 0.5) is 5.69 Å². The molecule has 0 N–H and O–H groups in total. The minimum Gasteiger partial charge on any atom is -0.311 e. The number of hydrogen-bond donors (Lipinski definition) is 0. The summed E-state index contributed by atoms with van der Waals surface area (Å²) in [4.78, 5) is 18.6. The number of anilines is 1. The number of carbonyl (C=O) groups excluding carboxylic acids is 1. The Hall–Kier alpha value is -2.27. The third-order valence-corrected chi connectivity index (χ3v) is 6.34. The van der Waals surface area contributed by atoms with Gasteiger partial charge >= 0.3 is 0 Å². The summed E-state index contributed by atoms with van der Waals surface area (Å²) in [5, 5.41) is 0.743. The van der Waals surface area contributed by atoms with Crippen molar-refractivity contribution in [1.29, 1.82) is 0 Å². The molecule has 0 aromatic heterocycles. The number of rotatable bonds is 10. The number of hydrogen-bond acceptors (Lipinski definition) is 3. The van der Waals surface area contributed by atoms with Gasteiger partial charge in [-0.15, -0.1) is 11.8 Å². The molecule has 0 aliphatic heterocycles. The van der Waals surface area contributed by atoms with Crippen molar-refractivity contribution in [2.45, 2.75) is 23.5 Å². The first-order valence-electron chi connectivity index (χ1n) is 10.5. The minimum absolute atomic E-state index is 0.129. The fourth-order valence-corrected chi connectivity index (χ4v) is 4.48. The van der Waals surface area contributed by atoms with Gasteiger partial charge in [0, 0.05) is 22.2 Å². The van der Waals surface area contributed by atoms with Gasteiger partial charge in [0.1, 0.15) is 0 Å². The summed E-state index contributed by atoms with van der Waals surface area (Å²) in [6.45, 7) is 1.64. The normalized spacial score (nSPS) is 11.0. The van der Waals surface area contributed by atoms with Crippen LogP contribution in [0, 0.1) is 0 Å². The molecule has 0 saturated heterocycles. The first-order valence-corrected chi connectivity index (χ1v) is 11.8. The van der Waals surface area contributed by atoms with E-state index in [2.05, 4.69) is 31.1 Å². The summed E-state index contributed by atoms with van der Waals surface area (Å²) < 4.78 is 0. The van der Waals surface area contributed by atoms with Gasteiger partial charge in [0.05, 0.1) is 12.1 Å². The lowest BCUT2D eigenvalue weighted by Gasteiger charge is -2.26. The van der Waals surface area contributed by atoms with Crippen molar-refractivity contribution >= 4 is 35.0 Å². The van der Waals surface area contributed by atoms with Crippen LogP contribution in [0.5, 0.6) is 0 Å². The Kier molecular flexibility index (Phi) is 9.01. The molecule has 0 fully saturated rings. The zero-order valence-corrected chi connectivity index (χ0v) is 19.7. The smallest absolute Gasteiger partial charge is 0.231 e. The first-order chi connectivity index (χ1) is 15.0. The van der Waals surface area contributed by atoms with Crippen molar-refractivity contribution in [3.8, 4) is 0 Å². The molecule has 3 aromatic rings. The molecule has 0 heterocycles. The van der Waals surface area contributed by atoms with Crippen LogP contribution >= 0.6 is 23.4 Å². The molecule has 3 rings (SSSR count). The van der Waals surface area contributed by atoms with Crippen LogP contribution in [0.3, 0.4) is 0 Å². The van der Waals surface area contributed by atoms with Gasteiger partial charge in [-0.2, -0.15) is 0 Å². The van der Waals surface area contributed by atoms with Gasteiger partial charge in [-0.05, 0) is 62.5 Å². The number of halogens is 1. The number of benzene rings is 3. The average molecular weight is 453 g/mol. The Balaban J connectivity index is 1.79. The zero-order chi connectivity index (χ0) is 22.1. The van der Waals surface area contributed by atoms with E-state index in [-0.39, 0.29) is 5.91 Å². The number of nitrogens with zero attached hydrogens (tertiary/aromatic N) is 2. The van der Waals surface area contributed by atoms with Gasteiger partial charge in [-0.1, -0.05) is 66.2 Å². The highest BCUT2D eigenvalue weighted by atomic mass is 35.5. The lowest BCUT2D eigenvalue weighted by molar-refractivity contribution is -0.118. The third-order valence-electron chi connectivity index (χ3n) is 4.95. The summed E-state index contributed by atoms with van der Waals surface area (Å²) in [5.41, 5.74) is 3.23. The Morgan fingerprint density at radius 3 is 2.23 bits per heavy atom. The van der Waals surface area contributed by atoms with Crippen molar-refractivity contribution in [3.05, 3.63) is 95.0 Å². The standard InChI is InChI=1S/C26H29ClN2OS/c1-28(2)17-8-18-29(26(30)19-21-9-4-3-5-10-21)24-11-6-7-12-25(24)31-20-22-13-15-23(27)16-14-22/h3-7,9-16H,8,17-20H2,1-2H3. The second-order valence-electron chi connectivity index (χ2n) is 7.75. The molecule has 0 saturated carbocycles. The first kappa shape index (κ1) is 23.4. The van der Waals surface area contributed by atoms with E-state index in [1.165, 1.54) is 5.56 Å². The van der Waals surface area contributed by atoms with Crippen LogP contribution in [0.1, 0.15) is 17.5 Å². The summed E-state index contributed by atoms with van der Waals surface area (Å²) in [6, 6.07) is 26.1. The van der Waals surface area contributed by atoms with Crippen LogP contribution in [-0.2, 0) is 17.0 Å². The van der Waals surface area contributed by atoms with Gasteiger partial charge in [0.15, 0.2) is 0 Å². The number of thioether (sulfide) groups is 1. The Labute approximate surface area is 195 Å². The van der Waals surface area contributed by atoms with Crippen LogP contribution in [-0.4, -0.2) is 38.0 Å². The molecule has 31 heavy (non-hydrogen) atoms. The average Bonchev–Trinajstić information content (AvgIpc) is 2.77. The quantitative estimate of drug-likeness (QED) is 0.344. The van der Waals surface area contributed by atoms with E-state index in [1.807, 2.05) is 71.6 Å². The molecular formula is C26H29ClN2OS. The highest BCUT2D eigenvalue weighted by Crippen LogP contribution is 2.33. The maximum Gasteiger partial charge on any atom is 0.231 e. The fourth-order valence-electron chi connectivity index (χ4n) is 3.33. The third kappa shape index (κ3) is 7.42. The zero-order valence-electron chi connectivity index (χ0n) is 18.1. The molecule has 5 heteroatoms. The molecule has 0 spiro atoms. The van der Waals surface area contributed by atoms with E-state index in [9.17, 15) is 4.79 Å². The monoisotopic (exact) mass is 452 g/mol. The highest BCUT2D eigenvalue weighted by Gasteiger charge is 2.19. The molecule has 0 atom stereocenters. The van der Waals surface area contributed by atoms with E-state index in [0.29, 0.717) is 13.0 Å². The predicted molar refractivity (Wildman–Crippen MR) is 133 cm³/mol. The van der Waals surface area contributed by atoms with Crippen molar-refractivity contribution in [1.82, 2.24) is 4.90 Å². The topological polar surface area (TPSA) is 23.6 Å². The second-order valence-corrected chi connectivity index (χ2v) is 9.20. The van der Waals surface area contributed by atoms with Crippen LogP contribution < -0.4 is 4.90 Å².